The Morgan fingerprint density at radius 3 is 2.35 bits per heavy atom. The van der Waals surface area contributed by atoms with Gasteiger partial charge in [0.25, 0.3) is 5.91 Å². The highest BCUT2D eigenvalue weighted by molar-refractivity contribution is 7.89. The zero-order chi connectivity index (χ0) is 26.2. The molecule has 8 nitrogen and oxygen atoms in total. The van der Waals surface area contributed by atoms with Crippen LogP contribution in [0.3, 0.4) is 0 Å². The second-order valence-electron chi connectivity index (χ2n) is 8.71. The Morgan fingerprint density at radius 2 is 1.68 bits per heavy atom. The van der Waals surface area contributed by atoms with Gasteiger partial charge in [0, 0.05) is 34.9 Å². The highest BCUT2D eigenvalue weighted by Crippen LogP contribution is 2.38. The number of ether oxygens (including phenoxy) is 1. The van der Waals surface area contributed by atoms with Gasteiger partial charge in [0.05, 0.1) is 24.2 Å². The van der Waals surface area contributed by atoms with Crippen molar-refractivity contribution in [2.75, 3.05) is 38.2 Å². The number of rotatable bonds is 4. The molecule has 1 fully saturated rings. The van der Waals surface area contributed by atoms with E-state index in [1.54, 1.807) is 30.3 Å². The molecule has 2 heterocycles. The average Bonchev–Trinajstić information content (AvgIpc) is 3.05. The van der Waals surface area contributed by atoms with E-state index >= 15 is 0 Å². The molecule has 0 spiro atoms. The first-order valence-corrected chi connectivity index (χ1v) is 13.4. The van der Waals surface area contributed by atoms with E-state index in [1.165, 1.54) is 45.6 Å². The summed E-state index contributed by atoms with van der Waals surface area (Å²) >= 11 is 6.27. The minimum atomic E-state index is -3.73. The summed E-state index contributed by atoms with van der Waals surface area (Å²) in [5.74, 6) is -1.34. The van der Waals surface area contributed by atoms with Crippen molar-refractivity contribution in [2.45, 2.75) is 10.9 Å². The lowest BCUT2D eigenvalue weighted by Gasteiger charge is -2.31. The fourth-order valence-corrected chi connectivity index (χ4v) is 6.13. The molecule has 192 valence electrons. The van der Waals surface area contributed by atoms with Gasteiger partial charge in [-0.1, -0.05) is 23.7 Å². The first-order chi connectivity index (χ1) is 17.7. The van der Waals surface area contributed by atoms with Crippen LogP contribution >= 0.6 is 11.6 Å². The second-order valence-corrected chi connectivity index (χ2v) is 11.1. The van der Waals surface area contributed by atoms with E-state index in [0.29, 0.717) is 35.1 Å². The molecule has 1 atom stereocenters. The maximum absolute atomic E-state index is 13.8. The van der Waals surface area contributed by atoms with Crippen molar-refractivity contribution in [3.05, 3.63) is 94.3 Å². The molecule has 0 saturated carbocycles. The summed E-state index contributed by atoms with van der Waals surface area (Å²) in [5.41, 5.74) is 1.85. The second kappa shape index (κ2) is 10.2. The van der Waals surface area contributed by atoms with Crippen molar-refractivity contribution in [1.82, 2.24) is 9.21 Å². The summed E-state index contributed by atoms with van der Waals surface area (Å²) in [6.07, 6.45) is 0. The number of hydrogen-bond donors (Lipinski definition) is 1. The van der Waals surface area contributed by atoms with E-state index in [2.05, 4.69) is 5.32 Å². The molecular weight excluding hydrogens is 521 g/mol. The minimum absolute atomic E-state index is 0.0618. The predicted octanol–water partition coefficient (Wildman–Crippen LogP) is 3.68. The van der Waals surface area contributed by atoms with E-state index in [0.717, 1.165) is 0 Å². The van der Waals surface area contributed by atoms with Crippen molar-refractivity contribution in [1.29, 1.82) is 0 Å². The lowest BCUT2D eigenvalue weighted by molar-refractivity contribution is -0.117. The Balaban J connectivity index is 1.53. The number of benzene rings is 3. The number of fused-ring (bicyclic) bond motifs is 1. The Kier molecular flexibility index (Phi) is 7.00. The van der Waals surface area contributed by atoms with Crippen molar-refractivity contribution in [2.24, 2.45) is 0 Å². The Morgan fingerprint density at radius 1 is 1.00 bits per heavy atom. The lowest BCUT2D eigenvalue weighted by Crippen LogP contribution is -2.40. The van der Waals surface area contributed by atoms with E-state index in [9.17, 15) is 22.4 Å². The molecule has 0 radical (unpaired) electrons. The number of carbonyl (C=O) groups is 2. The van der Waals surface area contributed by atoms with E-state index in [-0.39, 0.29) is 30.1 Å². The Hall–Kier alpha value is -3.31. The molecule has 1 saturated heterocycles. The zero-order valence-electron chi connectivity index (χ0n) is 19.6. The highest BCUT2D eigenvalue weighted by atomic mass is 35.5. The van der Waals surface area contributed by atoms with Crippen LogP contribution in [0.5, 0.6) is 0 Å². The third-order valence-corrected chi connectivity index (χ3v) is 8.51. The summed E-state index contributed by atoms with van der Waals surface area (Å²) < 4.78 is 46.2. The molecule has 0 aliphatic carbocycles. The predicted molar refractivity (Wildman–Crippen MR) is 135 cm³/mol. The van der Waals surface area contributed by atoms with Crippen LogP contribution in [0.15, 0.2) is 71.6 Å². The molecule has 11 heteroatoms. The topological polar surface area (TPSA) is 96.0 Å². The Labute approximate surface area is 218 Å². The normalized spacial score (nSPS) is 18.6. The molecule has 0 unspecified atom stereocenters. The number of anilines is 1. The Bertz CT molecular complexity index is 1440. The molecule has 0 bridgehead atoms. The summed E-state index contributed by atoms with van der Waals surface area (Å²) in [6, 6.07) is 15.5. The largest absolute Gasteiger partial charge is 0.379 e. The van der Waals surface area contributed by atoms with Gasteiger partial charge in [-0.3, -0.25) is 9.59 Å². The molecule has 2 aliphatic rings. The maximum atomic E-state index is 13.8. The summed E-state index contributed by atoms with van der Waals surface area (Å²) in [5, 5.41) is 3.21. The van der Waals surface area contributed by atoms with Gasteiger partial charge in [-0.25, -0.2) is 12.8 Å². The maximum Gasteiger partial charge on any atom is 0.255 e. The van der Waals surface area contributed by atoms with Crippen LogP contribution in [0.1, 0.15) is 27.5 Å². The molecule has 2 amide bonds. The lowest BCUT2D eigenvalue weighted by atomic mass is 9.95. The number of nitrogens with zero attached hydrogens (tertiary/aromatic N) is 2. The van der Waals surface area contributed by atoms with Crippen LogP contribution in [0.2, 0.25) is 5.02 Å². The molecular formula is C26H23ClFN3O5S. The molecule has 1 N–H and O–H groups in total. The summed E-state index contributed by atoms with van der Waals surface area (Å²) in [7, 11) is -3.73. The van der Waals surface area contributed by atoms with Gasteiger partial charge in [0.15, 0.2) is 0 Å². The molecule has 3 aromatic rings. The van der Waals surface area contributed by atoms with E-state index in [1.807, 2.05) is 0 Å². The SMILES string of the molecule is O=C1CN(C(=O)c2ccc(S(=O)(=O)N3CCOCC3)cc2)[C@H](c2ccc(F)cc2)c2cc(Cl)ccc2N1. The molecule has 5 rings (SSSR count). The van der Waals surface area contributed by atoms with Crippen molar-refractivity contribution in [3.8, 4) is 0 Å². The number of hydrogen-bond acceptors (Lipinski definition) is 5. The monoisotopic (exact) mass is 543 g/mol. The standard InChI is InChI=1S/C26H23ClFN3O5S/c27-19-5-10-23-22(15-19)25(17-1-6-20(28)7-2-17)31(16-24(32)29-23)26(33)18-3-8-21(9-4-18)37(34,35)30-11-13-36-14-12-30/h1-10,15,25H,11-14,16H2,(H,29,32)/t25-/m1/s1. The summed E-state index contributed by atoms with van der Waals surface area (Å²) in [6.45, 7) is 0.883. The van der Waals surface area contributed by atoms with Gasteiger partial charge in [0.2, 0.25) is 15.9 Å². The highest BCUT2D eigenvalue weighted by Gasteiger charge is 2.34. The van der Waals surface area contributed by atoms with Crippen LogP contribution in [0.4, 0.5) is 10.1 Å². The quantitative estimate of drug-likeness (QED) is 0.541. The third kappa shape index (κ3) is 5.10. The van der Waals surface area contributed by atoms with Crippen molar-refractivity contribution >= 4 is 39.1 Å². The summed E-state index contributed by atoms with van der Waals surface area (Å²) in [4.78, 5) is 28.0. The fourth-order valence-electron chi connectivity index (χ4n) is 4.54. The number of carbonyl (C=O) groups excluding carboxylic acids is 2. The number of sulfonamides is 1. The van der Waals surface area contributed by atoms with Crippen molar-refractivity contribution < 1.29 is 27.1 Å². The van der Waals surface area contributed by atoms with Crippen LogP contribution in [0.25, 0.3) is 0 Å². The first-order valence-electron chi connectivity index (χ1n) is 11.6. The smallest absolute Gasteiger partial charge is 0.255 e. The molecule has 37 heavy (non-hydrogen) atoms. The zero-order valence-corrected chi connectivity index (χ0v) is 21.1. The van der Waals surface area contributed by atoms with Crippen molar-refractivity contribution in [3.63, 3.8) is 0 Å². The molecule has 2 aliphatic heterocycles. The fraction of sp³-hybridized carbons (Fsp3) is 0.231. The average molecular weight is 544 g/mol. The first kappa shape index (κ1) is 25.3. The third-order valence-electron chi connectivity index (χ3n) is 6.36. The molecule has 0 aromatic heterocycles. The van der Waals surface area contributed by atoms with Gasteiger partial charge < -0.3 is 15.0 Å². The van der Waals surface area contributed by atoms with Crippen LogP contribution in [-0.2, 0) is 19.6 Å². The van der Waals surface area contributed by atoms with Gasteiger partial charge in [0.1, 0.15) is 12.4 Å². The number of halogens is 2. The van der Waals surface area contributed by atoms with E-state index < -0.39 is 33.7 Å². The van der Waals surface area contributed by atoms with Gasteiger partial charge in [-0.2, -0.15) is 4.31 Å². The van der Waals surface area contributed by atoms with Crippen LogP contribution in [-0.4, -0.2) is 62.3 Å². The number of nitrogens with one attached hydrogen (secondary N) is 1. The molecule has 3 aromatic carbocycles. The van der Waals surface area contributed by atoms with Crippen LogP contribution in [0, 0.1) is 5.82 Å². The van der Waals surface area contributed by atoms with Gasteiger partial charge in [-0.15, -0.1) is 0 Å². The van der Waals surface area contributed by atoms with Gasteiger partial charge >= 0.3 is 0 Å². The van der Waals surface area contributed by atoms with Gasteiger partial charge in [-0.05, 0) is 60.2 Å². The minimum Gasteiger partial charge on any atom is -0.379 e. The van der Waals surface area contributed by atoms with Crippen LogP contribution < -0.4 is 5.32 Å². The van der Waals surface area contributed by atoms with E-state index in [4.69, 9.17) is 16.3 Å². The number of morpholine rings is 1. The number of amides is 2.